The zero-order valence-corrected chi connectivity index (χ0v) is 11.9. The number of halogens is 2. The molecule has 0 fully saturated rings. The van der Waals surface area contributed by atoms with Crippen molar-refractivity contribution in [3.05, 3.63) is 29.3 Å². The first-order valence-electron chi connectivity index (χ1n) is 6.52. The molecule has 0 saturated heterocycles. The Morgan fingerprint density at radius 3 is 2.52 bits per heavy atom. The minimum Gasteiger partial charge on any atom is -0.465 e. The van der Waals surface area contributed by atoms with E-state index in [1.807, 2.05) is 6.92 Å². The molecule has 1 rings (SSSR count). The summed E-state index contributed by atoms with van der Waals surface area (Å²) in [5, 5.41) is 2.32. The van der Waals surface area contributed by atoms with Crippen molar-refractivity contribution in [3.8, 4) is 0 Å². The van der Waals surface area contributed by atoms with Crippen molar-refractivity contribution < 1.29 is 23.1 Å². The fraction of sp³-hybridized carbons (Fsp3) is 0.429. The second-order valence-electron chi connectivity index (χ2n) is 4.51. The van der Waals surface area contributed by atoms with Gasteiger partial charge >= 0.3 is 5.97 Å². The molecule has 1 aromatic rings. The average molecular weight is 300 g/mol. The van der Waals surface area contributed by atoms with Crippen LogP contribution in [0.5, 0.6) is 0 Å². The van der Waals surface area contributed by atoms with Crippen LogP contribution in [0.4, 0.5) is 14.5 Å². The number of nitrogens with two attached hydrogens (primary N) is 1. The fourth-order valence-corrected chi connectivity index (χ4v) is 1.85. The van der Waals surface area contributed by atoms with Crippen molar-refractivity contribution in [2.24, 2.45) is 11.7 Å². The number of carbonyl (C=O) groups is 2. The Kier molecular flexibility index (Phi) is 6.23. The largest absolute Gasteiger partial charge is 0.465 e. The molecule has 0 radical (unpaired) electrons. The molecule has 5 nitrogen and oxygen atoms in total. The van der Waals surface area contributed by atoms with Gasteiger partial charge in [-0.2, -0.15) is 0 Å². The van der Waals surface area contributed by atoms with Crippen LogP contribution in [0.2, 0.25) is 0 Å². The van der Waals surface area contributed by atoms with Crippen LogP contribution < -0.4 is 11.1 Å². The zero-order valence-electron chi connectivity index (χ0n) is 11.9. The number of carbonyl (C=O) groups excluding carboxylic acids is 2. The molecule has 0 aliphatic heterocycles. The van der Waals surface area contributed by atoms with Crippen LogP contribution in [0.1, 0.15) is 30.1 Å². The van der Waals surface area contributed by atoms with Crippen LogP contribution >= 0.6 is 0 Å². The maximum atomic E-state index is 13.7. The number of amides is 1. The van der Waals surface area contributed by atoms with Gasteiger partial charge in [0.2, 0.25) is 5.91 Å². The van der Waals surface area contributed by atoms with Crippen LogP contribution in [-0.4, -0.2) is 25.5 Å². The van der Waals surface area contributed by atoms with Gasteiger partial charge < -0.3 is 15.8 Å². The molecule has 0 aliphatic rings. The number of methoxy groups -OCH3 is 1. The number of hydrogen-bond acceptors (Lipinski definition) is 4. The summed E-state index contributed by atoms with van der Waals surface area (Å²) in [7, 11) is 1.08. The second kappa shape index (κ2) is 7.68. The van der Waals surface area contributed by atoms with Gasteiger partial charge in [-0.3, -0.25) is 4.79 Å². The quantitative estimate of drug-likeness (QED) is 0.788. The SMILES string of the molecule is CCCC(CN)C(=O)Nc1cc(C(=O)OC)c(F)cc1F. The highest BCUT2D eigenvalue weighted by Gasteiger charge is 2.21. The lowest BCUT2D eigenvalue weighted by Crippen LogP contribution is -2.29. The van der Waals surface area contributed by atoms with Gasteiger partial charge in [-0.25, -0.2) is 13.6 Å². The average Bonchev–Trinajstić information content (AvgIpc) is 2.46. The lowest BCUT2D eigenvalue weighted by Gasteiger charge is -2.15. The van der Waals surface area contributed by atoms with Crippen LogP contribution in [0, 0.1) is 17.6 Å². The highest BCUT2D eigenvalue weighted by molar-refractivity contribution is 5.95. The van der Waals surface area contributed by atoms with Crippen molar-refractivity contribution in [2.45, 2.75) is 19.8 Å². The van der Waals surface area contributed by atoms with Crippen LogP contribution in [-0.2, 0) is 9.53 Å². The van der Waals surface area contributed by atoms with Crippen molar-refractivity contribution in [1.29, 1.82) is 0 Å². The molecule has 0 saturated carbocycles. The molecule has 0 aliphatic carbocycles. The van der Waals surface area contributed by atoms with E-state index in [4.69, 9.17) is 5.73 Å². The van der Waals surface area contributed by atoms with Crippen LogP contribution in [0.25, 0.3) is 0 Å². The molecule has 7 heteroatoms. The van der Waals surface area contributed by atoms with E-state index >= 15 is 0 Å². The van der Waals surface area contributed by atoms with Crippen molar-refractivity contribution in [1.82, 2.24) is 0 Å². The zero-order chi connectivity index (χ0) is 16.0. The number of hydrogen-bond donors (Lipinski definition) is 2. The normalized spacial score (nSPS) is 11.9. The van der Waals surface area contributed by atoms with Gasteiger partial charge in [0, 0.05) is 12.6 Å². The van der Waals surface area contributed by atoms with Crippen molar-refractivity contribution in [2.75, 3.05) is 19.0 Å². The van der Waals surface area contributed by atoms with E-state index < -0.39 is 35.0 Å². The summed E-state index contributed by atoms with van der Waals surface area (Å²) in [5.41, 5.74) is 4.76. The van der Waals surface area contributed by atoms with E-state index in [0.29, 0.717) is 12.5 Å². The molecule has 0 aromatic heterocycles. The number of anilines is 1. The molecule has 1 unspecified atom stereocenters. The molecule has 1 aromatic carbocycles. The second-order valence-corrected chi connectivity index (χ2v) is 4.51. The minimum absolute atomic E-state index is 0.117. The summed E-state index contributed by atoms with van der Waals surface area (Å²) in [5.74, 6) is -3.92. The molecule has 21 heavy (non-hydrogen) atoms. The van der Waals surface area contributed by atoms with E-state index in [0.717, 1.165) is 19.6 Å². The smallest absolute Gasteiger partial charge is 0.340 e. The fourth-order valence-electron chi connectivity index (χ4n) is 1.85. The van der Waals surface area contributed by atoms with Crippen LogP contribution in [0.3, 0.4) is 0 Å². The standard InChI is InChI=1S/C14H18F2N2O3/c1-3-4-8(7-17)13(19)18-12-5-9(14(20)21-2)10(15)6-11(12)16/h5-6,8H,3-4,7,17H2,1-2H3,(H,18,19). The molecule has 1 amide bonds. The van der Waals surface area contributed by atoms with Crippen LogP contribution in [0.15, 0.2) is 12.1 Å². The Hall–Kier alpha value is -2.02. The summed E-state index contributed by atoms with van der Waals surface area (Å²) in [6, 6.07) is 1.44. The molecule has 0 bridgehead atoms. The molecule has 1 atom stereocenters. The Balaban J connectivity index is 3.02. The number of esters is 1. The van der Waals surface area contributed by atoms with Gasteiger partial charge in [0.1, 0.15) is 11.6 Å². The van der Waals surface area contributed by atoms with Gasteiger partial charge in [0.05, 0.1) is 24.3 Å². The third-order valence-corrected chi connectivity index (χ3v) is 3.01. The predicted molar refractivity (Wildman–Crippen MR) is 73.8 cm³/mol. The van der Waals surface area contributed by atoms with E-state index in [2.05, 4.69) is 10.1 Å². The van der Waals surface area contributed by atoms with Gasteiger partial charge in [0.15, 0.2) is 0 Å². The summed E-state index contributed by atoms with van der Waals surface area (Å²) < 4.78 is 31.5. The monoisotopic (exact) mass is 300 g/mol. The Morgan fingerprint density at radius 1 is 1.33 bits per heavy atom. The predicted octanol–water partition coefficient (Wildman–Crippen LogP) is 2.06. The maximum Gasteiger partial charge on any atom is 0.340 e. The van der Waals surface area contributed by atoms with Gasteiger partial charge in [-0.15, -0.1) is 0 Å². The Labute approximate surface area is 121 Å². The topological polar surface area (TPSA) is 81.4 Å². The lowest BCUT2D eigenvalue weighted by molar-refractivity contribution is -0.119. The van der Waals surface area contributed by atoms with E-state index in [1.54, 1.807) is 0 Å². The summed E-state index contributed by atoms with van der Waals surface area (Å²) in [4.78, 5) is 23.3. The summed E-state index contributed by atoms with van der Waals surface area (Å²) >= 11 is 0. The van der Waals surface area contributed by atoms with Crippen molar-refractivity contribution in [3.63, 3.8) is 0 Å². The molecular weight excluding hydrogens is 282 g/mol. The number of rotatable bonds is 6. The Bertz CT molecular complexity index is 535. The van der Waals surface area contributed by atoms with E-state index in [-0.39, 0.29) is 12.2 Å². The maximum absolute atomic E-state index is 13.7. The third kappa shape index (κ3) is 4.22. The summed E-state index contributed by atoms with van der Waals surface area (Å²) in [6.45, 7) is 2.01. The molecular formula is C14H18F2N2O3. The number of benzene rings is 1. The molecule has 3 N–H and O–H groups in total. The first-order chi connectivity index (χ1) is 9.94. The number of nitrogens with one attached hydrogen (secondary N) is 1. The first kappa shape index (κ1) is 17.0. The Morgan fingerprint density at radius 2 is 2.00 bits per heavy atom. The highest BCUT2D eigenvalue weighted by atomic mass is 19.1. The van der Waals surface area contributed by atoms with Gasteiger partial charge in [-0.1, -0.05) is 13.3 Å². The molecule has 0 spiro atoms. The summed E-state index contributed by atoms with van der Waals surface area (Å²) in [6.07, 6.45) is 1.30. The highest BCUT2D eigenvalue weighted by Crippen LogP contribution is 2.21. The third-order valence-electron chi connectivity index (χ3n) is 3.01. The first-order valence-corrected chi connectivity index (χ1v) is 6.52. The minimum atomic E-state index is -1.05. The van der Waals surface area contributed by atoms with Gasteiger partial charge in [0.25, 0.3) is 0 Å². The molecule has 116 valence electrons. The van der Waals surface area contributed by atoms with E-state index in [9.17, 15) is 18.4 Å². The number of ether oxygens (including phenoxy) is 1. The van der Waals surface area contributed by atoms with Crippen molar-refractivity contribution >= 4 is 17.6 Å². The van der Waals surface area contributed by atoms with Gasteiger partial charge in [-0.05, 0) is 12.5 Å². The lowest BCUT2D eigenvalue weighted by atomic mass is 10.0. The van der Waals surface area contributed by atoms with E-state index in [1.165, 1.54) is 0 Å². The molecule has 0 heterocycles.